The Morgan fingerprint density at radius 1 is 1.19 bits per heavy atom. The second kappa shape index (κ2) is 9.34. The van der Waals surface area contributed by atoms with Crippen LogP contribution in [-0.4, -0.2) is 56.1 Å². The first kappa shape index (κ1) is 17.4. The summed E-state index contributed by atoms with van der Waals surface area (Å²) in [5.41, 5.74) is 0.677. The number of amides is 1. The number of hydrogen-bond acceptors (Lipinski definition) is 4. The predicted molar refractivity (Wildman–Crippen MR) is 87.9 cm³/mol. The van der Waals surface area contributed by atoms with Crippen molar-refractivity contribution in [2.75, 3.05) is 45.2 Å². The van der Waals surface area contributed by atoms with E-state index in [0.29, 0.717) is 12.1 Å². The van der Waals surface area contributed by atoms with E-state index in [9.17, 15) is 4.79 Å². The Morgan fingerprint density at radius 3 is 2.43 bits per heavy atom. The minimum Gasteiger partial charge on any atom is -0.357 e. The van der Waals surface area contributed by atoms with Crippen LogP contribution in [0.2, 0.25) is 0 Å². The monoisotopic (exact) mass is 292 g/mol. The van der Waals surface area contributed by atoms with Gasteiger partial charge in [-0.05, 0) is 39.1 Å². The van der Waals surface area contributed by atoms with Crippen LogP contribution in [0.15, 0.2) is 18.3 Å². The lowest BCUT2D eigenvalue weighted by Gasteiger charge is -2.22. The van der Waals surface area contributed by atoms with E-state index >= 15 is 0 Å². The van der Waals surface area contributed by atoms with Gasteiger partial charge in [0.05, 0.1) is 0 Å². The highest BCUT2D eigenvalue weighted by Crippen LogP contribution is 2.13. The Hall–Kier alpha value is -1.62. The van der Waals surface area contributed by atoms with E-state index < -0.39 is 0 Å². The summed E-state index contributed by atoms with van der Waals surface area (Å²) in [6.45, 7) is 7.72. The molecule has 118 valence electrons. The van der Waals surface area contributed by atoms with Crippen LogP contribution in [-0.2, 0) is 0 Å². The van der Waals surface area contributed by atoms with Gasteiger partial charge >= 0.3 is 0 Å². The summed E-state index contributed by atoms with van der Waals surface area (Å²) in [5, 5.41) is 2.93. The summed E-state index contributed by atoms with van der Waals surface area (Å²) in [6.07, 6.45) is 3.86. The van der Waals surface area contributed by atoms with Gasteiger partial charge < -0.3 is 15.1 Å². The molecular formula is C16H28N4O. The van der Waals surface area contributed by atoms with Gasteiger partial charge in [0.15, 0.2) is 0 Å². The Labute approximate surface area is 128 Å². The normalized spacial score (nSPS) is 10.7. The zero-order valence-corrected chi connectivity index (χ0v) is 13.7. The fourth-order valence-corrected chi connectivity index (χ4v) is 2.11. The van der Waals surface area contributed by atoms with Crippen LogP contribution in [0.5, 0.6) is 0 Å². The second-order valence-corrected chi connectivity index (χ2v) is 5.45. The van der Waals surface area contributed by atoms with E-state index in [-0.39, 0.29) is 5.91 Å². The molecule has 0 aliphatic carbocycles. The van der Waals surface area contributed by atoms with Crippen LogP contribution >= 0.6 is 0 Å². The summed E-state index contributed by atoms with van der Waals surface area (Å²) < 4.78 is 0. The van der Waals surface area contributed by atoms with E-state index in [1.54, 1.807) is 12.3 Å². The number of carbonyl (C=O) groups is 1. The van der Waals surface area contributed by atoms with Crippen molar-refractivity contribution in [3.63, 3.8) is 0 Å². The first-order valence-electron chi connectivity index (χ1n) is 7.72. The van der Waals surface area contributed by atoms with Gasteiger partial charge in [0.2, 0.25) is 0 Å². The quantitative estimate of drug-likeness (QED) is 0.756. The van der Waals surface area contributed by atoms with Gasteiger partial charge in [0, 0.05) is 37.9 Å². The van der Waals surface area contributed by atoms with Crippen molar-refractivity contribution in [2.24, 2.45) is 0 Å². The minimum atomic E-state index is -0.0338. The van der Waals surface area contributed by atoms with Crippen LogP contribution in [0.1, 0.15) is 37.0 Å². The summed E-state index contributed by atoms with van der Waals surface area (Å²) in [6, 6.07) is 3.65. The van der Waals surface area contributed by atoms with Crippen molar-refractivity contribution in [1.29, 1.82) is 0 Å². The molecule has 0 spiro atoms. The molecule has 0 fully saturated rings. The highest BCUT2D eigenvalue weighted by atomic mass is 16.1. The van der Waals surface area contributed by atoms with Crippen LogP contribution in [0.4, 0.5) is 5.82 Å². The maximum atomic E-state index is 12.1. The fourth-order valence-electron chi connectivity index (χ4n) is 2.11. The number of nitrogens with zero attached hydrogens (tertiary/aromatic N) is 3. The lowest BCUT2D eigenvalue weighted by Crippen LogP contribution is -2.31. The Kier molecular flexibility index (Phi) is 7.75. The van der Waals surface area contributed by atoms with Crippen LogP contribution in [0, 0.1) is 0 Å². The van der Waals surface area contributed by atoms with Crippen molar-refractivity contribution in [2.45, 2.75) is 26.7 Å². The van der Waals surface area contributed by atoms with Crippen molar-refractivity contribution in [3.05, 3.63) is 23.9 Å². The number of carbonyl (C=O) groups excluding carboxylic acids is 1. The van der Waals surface area contributed by atoms with Gasteiger partial charge in [-0.15, -0.1) is 0 Å². The van der Waals surface area contributed by atoms with Crippen LogP contribution in [0.3, 0.4) is 0 Å². The molecule has 0 atom stereocenters. The predicted octanol–water partition coefficient (Wildman–Crippen LogP) is 2.00. The number of hydrogen-bond donors (Lipinski definition) is 1. The average Bonchev–Trinajstić information content (AvgIpc) is 2.46. The van der Waals surface area contributed by atoms with Gasteiger partial charge in [-0.1, -0.05) is 13.8 Å². The lowest BCUT2D eigenvalue weighted by molar-refractivity contribution is 0.0951. The van der Waals surface area contributed by atoms with Gasteiger partial charge in [0.1, 0.15) is 5.82 Å². The molecule has 0 aliphatic heterocycles. The number of nitrogens with one attached hydrogen (secondary N) is 1. The molecule has 0 saturated heterocycles. The summed E-state index contributed by atoms with van der Waals surface area (Å²) in [4.78, 5) is 20.8. The van der Waals surface area contributed by atoms with Gasteiger partial charge in [-0.2, -0.15) is 0 Å². The van der Waals surface area contributed by atoms with Gasteiger partial charge in [-0.3, -0.25) is 4.79 Å². The highest BCUT2D eigenvalue weighted by Gasteiger charge is 2.10. The number of pyridine rings is 1. The molecule has 0 unspecified atom stereocenters. The number of likely N-dealkylation sites (N-methyl/N-ethyl adjacent to an activating group) is 1. The lowest BCUT2D eigenvalue weighted by atomic mass is 10.2. The molecule has 5 nitrogen and oxygen atoms in total. The molecule has 0 saturated carbocycles. The average molecular weight is 292 g/mol. The third-order valence-electron chi connectivity index (χ3n) is 3.16. The first-order chi connectivity index (χ1) is 10.1. The van der Waals surface area contributed by atoms with E-state index in [4.69, 9.17) is 0 Å². The summed E-state index contributed by atoms with van der Waals surface area (Å²) >= 11 is 0. The third kappa shape index (κ3) is 6.12. The molecule has 1 aromatic heterocycles. The Balaban J connectivity index is 2.71. The Morgan fingerprint density at radius 2 is 1.86 bits per heavy atom. The summed E-state index contributed by atoms with van der Waals surface area (Å²) in [7, 11) is 3.98. The van der Waals surface area contributed by atoms with Crippen molar-refractivity contribution >= 4 is 11.7 Å². The Bertz CT molecular complexity index is 428. The molecule has 1 rings (SSSR count). The molecule has 0 radical (unpaired) electrons. The number of aromatic nitrogens is 1. The molecule has 21 heavy (non-hydrogen) atoms. The molecule has 5 heteroatoms. The standard InChI is InChI=1S/C16H28N4O/c1-5-10-20(11-6-2)15-13-14(7-8-17-15)16(21)18-9-12-19(3)4/h7-8,13H,5-6,9-12H2,1-4H3,(H,18,21). The summed E-state index contributed by atoms with van der Waals surface area (Å²) in [5.74, 6) is 0.854. The second-order valence-electron chi connectivity index (χ2n) is 5.45. The highest BCUT2D eigenvalue weighted by molar-refractivity contribution is 5.94. The molecular weight excluding hydrogens is 264 g/mol. The minimum absolute atomic E-state index is 0.0338. The molecule has 1 aromatic rings. The molecule has 1 N–H and O–H groups in total. The van der Waals surface area contributed by atoms with Gasteiger partial charge in [-0.25, -0.2) is 4.98 Å². The molecule has 1 amide bonds. The maximum Gasteiger partial charge on any atom is 0.251 e. The SMILES string of the molecule is CCCN(CCC)c1cc(C(=O)NCCN(C)C)ccn1. The smallest absolute Gasteiger partial charge is 0.251 e. The van der Waals surface area contributed by atoms with Crippen molar-refractivity contribution in [1.82, 2.24) is 15.2 Å². The molecule has 0 bridgehead atoms. The van der Waals surface area contributed by atoms with E-state index in [1.165, 1.54) is 0 Å². The van der Waals surface area contributed by atoms with Crippen molar-refractivity contribution < 1.29 is 4.79 Å². The first-order valence-corrected chi connectivity index (χ1v) is 7.72. The fraction of sp³-hybridized carbons (Fsp3) is 0.625. The third-order valence-corrected chi connectivity index (χ3v) is 3.16. The topological polar surface area (TPSA) is 48.5 Å². The van der Waals surface area contributed by atoms with Crippen LogP contribution < -0.4 is 10.2 Å². The van der Waals surface area contributed by atoms with E-state index in [2.05, 4.69) is 29.0 Å². The molecule has 0 aliphatic rings. The number of rotatable bonds is 9. The van der Waals surface area contributed by atoms with Gasteiger partial charge in [0.25, 0.3) is 5.91 Å². The molecule has 0 aromatic carbocycles. The number of anilines is 1. The largest absolute Gasteiger partial charge is 0.357 e. The van der Waals surface area contributed by atoms with E-state index in [1.807, 2.05) is 25.1 Å². The maximum absolute atomic E-state index is 12.1. The van der Waals surface area contributed by atoms with Crippen LogP contribution in [0.25, 0.3) is 0 Å². The zero-order chi connectivity index (χ0) is 15.7. The van der Waals surface area contributed by atoms with E-state index in [0.717, 1.165) is 38.3 Å². The zero-order valence-electron chi connectivity index (χ0n) is 13.7. The molecule has 1 heterocycles. The van der Waals surface area contributed by atoms with Crippen molar-refractivity contribution in [3.8, 4) is 0 Å².